The molecular formula is C15H16N2O3. The van der Waals surface area contributed by atoms with Crippen LogP contribution in [0.4, 0.5) is 5.69 Å². The molecule has 0 fully saturated rings. The SMILES string of the molecule is COC(=O)c1cc(NCc2ccc(CO)cc2)ccn1. The molecule has 0 aliphatic carbocycles. The Morgan fingerprint density at radius 1 is 1.25 bits per heavy atom. The second kappa shape index (κ2) is 6.68. The van der Waals surface area contributed by atoms with Crippen LogP contribution in [0.2, 0.25) is 0 Å². The van der Waals surface area contributed by atoms with Crippen LogP contribution in [0.5, 0.6) is 0 Å². The number of hydrogen-bond acceptors (Lipinski definition) is 5. The van der Waals surface area contributed by atoms with Gasteiger partial charge in [0.2, 0.25) is 0 Å². The van der Waals surface area contributed by atoms with Crippen LogP contribution in [0, 0.1) is 0 Å². The highest BCUT2D eigenvalue weighted by atomic mass is 16.5. The van der Waals surface area contributed by atoms with Gasteiger partial charge in [0, 0.05) is 18.4 Å². The Balaban J connectivity index is 2.01. The van der Waals surface area contributed by atoms with Crippen molar-refractivity contribution in [3.8, 4) is 0 Å². The molecule has 1 aromatic carbocycles. The van der Waals surface area contributed by atoms with Gasteiger partial charge in [-0.2, -0.15) is 0 Å². The van der Waals surface area contributed by atoms with Gasteiger partial charge in [0.1, 0.15) is 5.69 Å². The molecule has 5 nitrogen and oxygen atoms in total. The van der Waals surface area contributed by atoms with Crippen molar-refractivity contribution in [1.82, 2.24) is 4.98 Å². The molecule has 20 heavy (non-hydrogen) atoms. The van der Waals surface area contributed by atoms with Gasteiger partial charge in [-0.3, -0.25) is 0 Å². The average molecular weight is 272 g/mol. The van der Waals surface area contributed by atoms with Gasteiger partial charge in [-0.25, -0.2) is 9.78 Å². The molecule has 5 heteroatoms. The molecule has 104 valence electrons. The van der Waals surface area contributed by atoms with E-state index in [0.717, 1.165) is 16.8 Å². The van der Waals surface area contributed by atoms with Crippen molar-refractivity contribution >= 4 is 11.7 Å². The monoisotopic (exact) mass is 272 g/mol. The Hall–Kier alpha value is -2.40. The van der Waals surface area contributed by atoms with E-state index in [1.165, 1.54) is 7.11 Å². The number of nitrogens with one attached hydrogen (secondary N) is 1. The van der Waals surface area contributed by atoms with E-state index in [2.05, 4.69) is 15.0 Å². The number of aromatic nitrogens is 1. The first-order valence-corrected chi connectivity index (χ1v) is 6.20. The van der Waals surface area contributed by atoms with E-state index in [0.29, 0.717) is 6.54 Å². The Labute approximate surface area is 117 Å². The number of methoxy groups -OCH3 is 1. The van der Waals surface area contributed by atoms with Crippen LogP contribution >= 0.6 is 0 Å². The smallest absolute Gasteiger partial charge is 0.356 e. The summed E-state index contributed by atoms with van der Waals surface area (Å²) in [6.45, 7) is 0.664. The lowest BCUT2D eigenvalue weighted by atomic mass is 10.1. The predicted octanol–water partition coefficient (Wildman–Crippen LogP) is 1.97. The second-order valence-electron chi connectivity index (χ2n) is 4.25. The number of hydrogen-bond donors (Lipinski definition) is 2. The van der Waals surface area contributed by atoms with Crippen LogP contribution in [-0.4, -0.2) is 23.2 Å². The molecule has 0 aliphatic heterocycles. The number of benzene rings is 1. The molecule has 0 aliphatic rings. The molecule has 2 aromatic rings. The maximum absolute atomic E-state index is 11.4. The third-order valence-corrected chi connectivity index (χ3v) is 2.86. The summed E-state index contributed by atoms with van der Waals surface area (Å²) in [5.41, 5.74) is 3.03. The van der Waals surface area contributed by atoms with E-state index < -0.39 is 5.97 Å². The Morgan fingerprint density at radius 3 is 2.60 bits per heavy atom. The number of nitrogens with zero attached hydrogens (tertiary/aromatic N) is 1. The van der Waals surface area contributed by atoms with Crippen LogP contribution in [0.15, 0.2) is 42.6 Å². The second-order valence-corrected chi connectivity index (χ2v) is 4.25. The van der Waals surface area contributed by atoms with Crippen molar-refractivity contribution in [1.29, 1.82) is 0 Å². The molecule has 0 bridgehead atoms. The fraction of sp³-hybridized carbons (Fsp3) is 0.200. The third-order valence-electron chi connectivity index (χ3n) is 2.86. The van der Waals surface area contributed by atoms with E-state index in [9.17, 15) is 4.79 Å². The van der Waals surface area contributed by atoms with Gasteiger partial charge >= 0.3 is 5.97 Å². The summed E-state index contributed by atoms with van der Waals surface area (Å²) in [6, 6.07) is 11.1. The summed E-state index contributed by atoms with van der Waals surface area (Å²) in [7, 11) is 1.33. The zero-order valence-electron chi connectivity index (χ0n) is 11.2. The van der Waals surface area contributed by atoms with Crippen molar-refractivity contribution < 1.29 is 14.6 Å². The van der Waals surface area contributed by atoms with E-state index >= 15 is 0 Å². The molecule has 1 aromatic heterocycles. The van der Waals surface area contributed by atoms with Crippen LogP contribution in [0.3, 0.4) is 0 Å². The highest BCUT2D eigenvalue weighted by Crippen LogP contribution is 2.11. The van der Waals surface area contributed by atoms with Gasteiger partial charge in [-0.1, -0.05) is 24.3 Å². The highest BCUT2D eigenvalue weighted by molar-refractivity contribution is 5.88. The number of esters is 1. The van der Waals surface area contributed by atoms with Crippen LogP contribution < -0.4 is 5.32 Å². The lowest BCUT2D eigenvalue weighted by Gasteiger charge is -2.08. The molecular weight excluding hydrogens is 256 g/mol. The number of ether oxygens (including phenoxy) is 1. The lowest BCUT2D eigenvalue weighted by Crippen LogP contribution is -2.06. The minimum absolute atomic E-state index is 0.0422. The zero-order chi connectivity index (χ0) is 14.4. The first-order valence-electron chi connectivity index (χ1n) is 6.20. The molecule has 2 N–H and O–H groups in total. The van der Waals surface area contributed by atoms with Crippen molar-refractivity contribution in [2.45, 2.75) is 13.2 Å². The van der Waals surface area contributed by atoms with E-state index in [1.807, 2.05) is 24.3 Å². The summed E-state index contributed by atoms with van der Waals surface area (Å²) in [5.74, 6) is -0.457. The Morgan fingerprint density at radius 2 is 1.95 bits per heavy atom. The Kier molecular flexibility index (Phi) is 4.68. The minimum atomic E-state index is -0.457. The van der Waals surface area contributed by atoms with Gasteiger partial charge < -0.3 is 15.2 Å². The molecule has 0 spiro atoms. The summed E-state index contributed by atoms with van der Waals surface area (Å²) in [5, 5.41) is 12.2. The Bertz CT molecular complexity index is 582. The maximum atomic E-state index is 11.4. The fourth-order valence-electron chi connectivity index (χ4n) is 1.72. The summed E-state index contributed by atoms with van der Waals surface area (Å²) >= 11 is 0. The maximum Gasteiger partial charge on any atom is 0.356 e. The first kappa shape index (κ1) is 14.0. The number of aliphatic hydroxyl groups excluding tert-OH is 1. The van der Waals surface area contributed by atoms with Crippen molar-refractivity contribution in [2.75, 3.05) is 12.4 Å². The zero-order valence-corrected chi connectivity index (χ0v) is 11.2. The van der Waals surface area contributed by atoms with Gasteiger partial charge in [-0.15, -0.1) is 0 Å². The fourth-order valence-corrected chi connectivity index (χ4v) is 1.72. The number of aliphatic hydroxyl groups is 1. The predicted molar refractivity (Wildman–Crippen MR) is 75.3 cm³/mol. The standard InChI is InChI=1S/C15H16N2O3/c1-20-15(19)14-8-13(6-7-16-14)17-9-11-2-4-12(10-18)5-3-11/h2-8,18H,9-10H2,1H3,(H,16,17). The topological polar surface area (TPSA) is 71.5 Å². The first-order chi connectivity index (χ1) is 9.72. The molecule has 0 amide bonds. The van der Waals surface area contributed by atoms with Gasteiger partial charge in [0.15, 0.2) is 0 Å². The number of carbonyl (C=O) groups excluding carboxylic acids is 1. The molecule has 0 atom stereocenters. The van der Waals surface area contributed by atoms with Gasteiger partial charge in [0.25, 0.3) is 0 Å². The minimum Gasteiger partial charge on any atom is -0.464 e. The molecule has 0 saturated heterocycles. The van der Waals surface area contributed by atoms with Crippen LogP contribution in [0.25, 0.3) is 0 Å². The van der Waals surface area contributed by atoms with Crippen molar-refractivity contribution in [3.63, 3.8) is 0 Å². The molecule has 1 heterocycles. The van der Waals surface area contributed by atoms with Gasteiger partial charge in [0.05, 0.1) is 13.7 Å². The highest BCUT2D eigenvalue weighted by Gasteiger charge is 2.07. The quantitative estimate of drug-likeness (QED) is 0.814. The number of carbonyl (C=O) groups is 1. The largest absolute Gasteiger partial charge is 0.464 e. The summed E-state index contributed by atoms with van der Waals surface area (Å²) < 4.78 is 4.63. The third kappa shape index (κ3) is 3.55. The van der Waals surface area contributed by atoms with Crippen molar-refractivity contribution in [2.24, 2.45) is 0 Å². The van der Waals surface area contributed by atoms with E-state index in [-0.39, 0.29) is 12.3 Å². The molecule has 0 unspecified atom stereocenters. The molecule has 0 radical (unpaired) electrons. The lowest BCUT2D eigenvalue weighted by molar-refractivity contribution is 0.0594. The van der Waals surface area contributed by atoms with E-state index in [4.69, 9.17) is 5.11 Å². The molecule has 0 saturated carbocycles. The number of anilines is 1. The number of pyridine rings is 1. The normalized spacial score (nSPS) is 10.1. The summed E-state index contributed by atoms with van der Waals surface area (Å²) in [6.07, 6.45) is 1.56. The van der Waals surface area contributed by atoms with Crippen LogP contribution in [0.1, 0.15) is 21.6 Å². The van der Waals surface area contributed by atoms with Crippen LogP contribution in [-0.2, 0) is 17.9 Å². The van der Waals surface area contributed by atoms with E-state index in [1.54, 1.807) is 18.3 Å². The summed E-state index contributed by atoms with van der Waals surface area (Å²) in [4.78, 5) is 15.3. The van der Waals surface area contributed by atoms with Gasteiger partial charge in [-0.05, 0) is 23.3 Å². The average Bonchev–Trinajstić information content (AvgIpc) is 2.53. The molecule has 2 rings (SSSR count). The number of rotatable bonds is 5. The van der Waals surface area contributed by atoms with Crippen molar-refractivity contribution in [3.05, 3.63) is 59.4 Å².